The van der Waals surface area contributed by atoms with Gasteiger partial charge in [-0.1, -0.05) is 6.92 Å². The van der Waals surface area contributed by atoms with E-state index in [4.69, 9.17) is 5.73 Å². The molecule has 3 N–H and O–H groups in total. The van der Waals surface area contributed by atoms with Crippen LogP contribution in [0.2, 0.25) is 0 Å². The van der Waals surface area contributed by atoms with Crippen molar-refractivity contribution in [3.05, 3.63) is 22.2 Å². The molecule has 0 saturated carbocycles. The van der Waals surface area contributed by atoms with Crippen LogP contribution in [0.1, 0.15) is 23.7 Å². The summed E-state index contributed by atoms with van der Waals surface area (Å²) >= 11 is 0. The Hall–Kier alpha value is -1.65. The minimum absolute atomic E-state index is 0.0850. The summed E-state index contributed by atoms with van der Waals surface area (Å²) in [6.45, 7) is 1.72. The average molecular weight is 167 g/mol. The van der Waals surface area contributed by atoms with Crippen LogP contribution in [0.3, 0.4) is 0 Å². The maximum atomic E-state index is 11.1. The first-order valence-corrected chi connectivity index (χ1v) is 3.53. The van der Waals surface area contributed by atoms with Gasteiger partial charge in [0.05, 0.1) is 5.56 Å². The lowest BCUT2D eigenvalue weighted by molar-refractivity contribution is 0.0988. The van der Waals surface area contributed by atoms with Crippen molar-refractivity contribution in [2.75, 3.05) is 5.73 Å². The number of nitrogens with two attached hydrogens (primary N) is 1. The molecule has 0 aliphatic carbocycles. The van der Waals surface area contributed by atoms with E-state index in [1.807, 2.05) is 0 Å². The maximum Gasteiger partial charge on any atom is 0.346 e. The van der Waals surface area contributed by atoms with Crippen LogP contribution in [-0.2, 0) is 0 Å². The molecule has 0 radical (unpaired) electrons. The zero-order valence-electron chi connectivity index (χ0n) is 6.63. The van der Waals surface area contributed by atoms with Crippen molar-refractivity contribution < 1.29 is 4.79 Å². The van der Waals surface area contributed by atoms with Gasteiger partial charge < -0.3 is 5.73 Å². The van der Waals surface area contributed by atoms with E-state index in [1.165, 1.54) is 6.20 Å². The van der Waals surface area contributed by atoms with E-state index in [0.717, 1.165) is 0 Å². The zero-order chi connectivity index (χ0) is 9.14. The van der Waals surface area contributed by atoms with Gasteiger partial charge in [-0.15, -0.1) is 0 Å². The summed E-state index contributed by atoms with van der Waals surface area (Å²) < 4.78 is 0. The SMILES string of the molecule is CCC(=O)c1cnc(=O)[nH]c1N. The van der Waals surface area contributed by atoms with Crippen LogP contribution in [0.25, 0.3) is 0 Å². The van der Waals surface area contributed by atoms with Crippen molar-refractivity contribution >= 4 is 11.6 Å². The number of carbonyl (C=O) groups excluding carboxylic acids is 1. The van der Waals surface area contributed by atoms with E-state index < -0.39 is 5.69 Å². The van der Waals surface area contributed by atoms with Crippen LogP contribution in [-0.4, -0.2) is 15.8 Å². The van der Waals surface area contributed by atoms with Crippen molar-refractivity contribution in [2.45, 2.75) is 13.3 Å². The molecule has 1 aromatic rings. The summed E-state index contributed by atoms with van der Waals surface area (Å²) in [7, 11) is 0. The Kier molecular flexibility index (Phi) is 2.23. The molecule has 5 nitrogen and oxygen atoms in total. The third-order valence-electron chi connectivity index (χ3n) is 1.46. The van der Waals surface area contributed by atoms with Gasteiger partial charge in [-0.2, -0.15) is 0 Å². The number of carbonyl (C=O) groups is 1. The number of ketones is 1. The summed E-state index contributed by atoms with van der Waals surface area (Å²) in [5, 5.41) is 0. The predicted molar refractivity (Wildman–Crippen MR) is 43.9 cm³/mol. The number of aromatic nitrogens is 2. The van der Waals surface area contributed by atoms with E-state index in [9.17, 15) is 9.59 Å². The van der Waals surface area contributed by atoms with Gasteiger partial charge in [-0.3, -0.25) is 9.78 Å². The molecule has 1 rings (SSSR count). The predicted octanol–water partition coefficient (Wildman–Crippen LogP) is -0.0552. The highest BCUT2D eigenvalue weighted by Crippen LogP contribution is 2.05. The van der Waals surface area contributed by atoms with Crippen molar-refractivity contribution in [1.82, 2.24) is 9.97 Å². The first-order chi connectivity index (χ1) is 5.65. The van der Waals surface area contributed by atoms with Crippen LogP contribution in [0, 0.1) is 0 Å². The van der Waals surface area contributed by atoms with Gasteiger partial charge in [0, 0.05) is 12.6 Å². The van der Waals surface area contributed by atoms with Crippen molar-refractivity contribution in [3.63, 3.8) is 0 Å². The van der Waals surface area contributed by atoms with Gasteiger partial charge in [-0.05, 0) is 0 Å². The van der Waals surface area contributed by atoms with Crippen molar-refractivity contribution in [1.29, 1.82) is 0 Å². The molecule has 0 amide bonds. The normalized spacial score (nSPS) is 9.75. The molecule has 0 aromatic carbocycles. The Bertz CT molecular complexity index is 356. The number of aromatic amines is 1. The molecule has 5 heteroatoms. The molecular weight excluding hydrogens is 158 g/mol. The quantitative estimate of drug-likeness (QED) is 0.604. The van der Waals surface area contributed by atoms with E-state index in [-0.39, 0.29) is 17.2 Å². The summed E-state index contributed by atoms with van der Waals surface area (Å²) in [5.41, 5.74) is 5.12. The molecule has 0 atom stereocenters. The van der Waals surface area contributed by atoms with E-state index in [1.54, 1.807) is 6.92 Å². The maximum absolute atomic E-state index is 11.1. The number of hydrogen-bond donors (Lipinski definition) is 2. The van der Waals surface area contributed by atoms with E-state index >= 15 is 0 Å². The number of Topliss-reactive ketones (excluding diaryl/α,β-unsaturated/α-hetero) is 1. The molecule has 0 fully saturated rings. The Morgan fingerprint density at radius 2 is 2.42 bits per heavy atom. The highest BCUT2D eigenvalue weighted by Gasteiger charge is 2.07. The summed E-state index contributed by atoms with van der Waals surface area (Å²) in [4.78, 5) is 27.3. The molecule has 64 valence electrons. The largest absolute Gasteiger partial charge is 0.384 e. The molecular formula is C7H9N3O2. The standard InChI is InChI=1S/C7H9N3O2/c1-2-5(11)4-3-9-7(12)10-6(4)8/h3H,2H2,1H3,(H3,8,9,10,12). The van der Waals surface area contributed by atoms with E-state index in [0.29, 0.717) is 6.42 Å². The molecule has 0 aliphatic rings. The third kappa shape index (κ3) is 1.50. The minimum Gasteiger partial charge on any atom is -0.384 e. The first-order valence-electron chi connectivity index (χ1n) is 3.53. The number of anilines is 1. The molecule has 12 heavy (non-hydrogen) atoms. The first kappa shape index (κ1) is 8.45. The molecule has 0 spiro atoms. The van der Waals surface area contributed by atoms with Crippen LogP contribution in [0.4, 0.5) is 5.82 Å². The van der Waals surface area contributed by atoms with Crippen LogP contribution in [0.15, 0.2) is 11.0 Å². The summed E-state index contributed by atoms with van der Waals surface area (Å²) in [6.07, 6.45) is 1.54. The number of nitrogens with one attached hydrogen (secondary N) is 1. The highest BCUT2D eigenvalue weighted by atomic mass is 16.1. The Balaban J connectivity index is 3.18. The highest BCUT2D eigenvalue weighted by molar-refractivity contribution is 5.99. The fraction of sp³-hybridized carbons (Fsp3) is 0.286. The van der Waals surface area contributed by atoms with Crippen LogP contribution in [0.5, 0.6) is 0 Å². The Morgan fingerprint density at radius 3 is 2.92 bits per heavy atom. The lowest BCUT2D eigenvalue weighted by Crippen LogP contribution is -2.16. The zero-order valence-corrected chi connectivity index (χ0v) is 6.63. The molecule has 1 aromatic heterocycles. The fourth-order valence-corrected chi connectivity index (χ4v) is 0.820. The second kappa shape index (κ2) is 3.17. The second-order valence-corrected chi connectivity index (χ2v) is 2.29. The summed E-state index contributed by atoms with van der Waals surface area (Å²) in [6, 6.07) is 0. The molecule has 0 aliphatic heterocycles. The van der Waals surface area contributed by atoms with Gasteiger partial charge in [0.1, 0.15) is 5.82 Å². The number of rotatable bonds is 2. The van der Waals surface area contributed by atoms with Gasteiger partial charge in [-0.25, -0.2) is 9.78 Å². The number of hydrogen-bond acceptors (Lipinski definition) is 4. The lowest BCUT2D eigenvalue weighted by atomic mass is 10.1. The monoisotopic (exact) mass is 167 g/mol. The topological polar surface area (TPSA) is 88.8 Å². The molecule has 0 saturated heterocycles. The summed E-state index contributed by atoms with van der Waals surface area (Å²) in [5.74, 6) is -0.0434. The van der Waals surface area contributed by atoms with Crippen molar-refractivity contribution in [2.24, 2.45) is 0 Å². The minimum atomic E-state index is -0.542. The van der Waals surface area contributed by atoms with E-state index in [2.05, 4.69) is 9.97 Å². The van der Waals surface area contributed by atoms with Gasteiger partial charge >= 0.3 is 5.69 Å². The van der Waals surface area contributed by atoms with Gasteiger partial charge in [0.15, 0.2) is 5.78 Å². The molecule has 0 unspecified atom stereocenters. The third-order valence-corrected chi connectivity index (χ3v) is 1.46. The fourth-order valence-electron chi connectivity index (χ4n) is 0.820. The van der Waals surface area contributed by atoms with Gasteiger partial charge in [0.2, 0.25) is 0 Å². The molecule has 1 heterocycles. The van der Waals surface area contributed by atoms with Crippen molar-refractivity contribution in [3.8, 4) is 0 Å². The number of H-pyrrole nitrogens is 1. The molecule has 0 bridgehead atoms. The number of nitrogens with zero attached hydrogens (tertiary/aromatic N) is 1. The average Bonchev–Trinajstić information content (AvgIpc) is 2.03. The van der Waals surface area contributed by atoms with Crippen LogP contribution >= 0.6 is 0 Å². The Labute approximate surface area is 68.6 Å². The Morgan fingerprint density at radius 1 is 1.75 bits per heavy atom. The van der Waals surface area contributed by atoms with Gasteiger partial charge in [0.25, 0.3) is 0 Å². The van der Waals surface area contributed by atoms with Crippen LogP contribution < -0.4 is 11.4 Å². The second-order valence-electron chi connectivity index (χ2n) is 2.29. The smallest absolute Gasteiger partial charge is 0.346 e. The number of nitrogen functional groups attached to an aromatic ring is 1. The lowest BCUT2D eigenvalue weighted by Gasteiger charge is -1.99.